The van der Waals surface area contributed by atoms with Crippen LogP contribution in [0.15, 0.2) is 18.2 Å². The fourth-order valence-electron chi connectivity index (χ4n) is 4.04. The van der Waals surface area contributed by atoms with Crippen molar-refractivity contribution in [3.05, 3.63) is 28.2 Å². The molecule has 1 amide bonds. The summed E-state index contributed by atoms with van der Waals surface area (Å²) in [5.41, 5.74) is 0. The van der Waals surface area contributed by atoms with Crippen molar-refractivity contribution >= 4 is 41.5 Å². The van der Waals surface area contributed by atoms with Crippen molar-refractivity contribution in [2.24, 2.45) is 0 Å². The Bertz CT molecular complexity index is 608. The van der Waals surface area contributed by atoms with Gasteiger partial charge in [-0.25, -0.2) is 0 Å². The maximum absolute atomic E-state index is 12.7. The minimum atomic E-state index is 0. The minimum Gasteiger partial charge on any atom is -0.484 e. The minimum absolute atomic E-state index is 0. The molecule has 0 radical (unpaired) electrons. The molecular formula is C19H27Cl3N2O2. The summed E-state index contributed by atoms with van der Waals surface area (Å²) in [5.74, 6) is 0.582. The Morgan fingerprint density at radius 3 is 2.54 bits per heavy atom. The molecule has 0 N–H and O–H groups in total. The van der Waals surface area contributed by atoms with Gasteiger partial charge in [-0.15, -0.1) is 12.4 Å². The Hall–Kier alpha value is -0.680. The molecule has 1 saturated carbocycles. The van der Waals surface area contributed by atoms with E-state index in [1.807, 2.05) is 11.9 Å². The average Bonchev–Trinajstić information content (AvgIpc) is 3.16. The van der Waals surface area contributed by atoms with Gasteiger partial charge in [-0.1, -0.05) is 36.0 Å². The number of rotatable bonds is 5. The second kappa shape index (κ2) is 10.0. The van der Waals surface area contributed by atoms with Crippen molar-refractivity contribution in [2.75, 3.05) is 26.7 Å². The third kappa shape index (κ3) is 5.19. The molecule has 1 aliphatic heterocycles. The van der Waals surface area contributed by atoms with Crippen LogP contribution >= 0.6 is 35.6 Å². The summed E-state index contributed by atoms with van der Waals surface area (Å²) >= 11 is 11.9. The maximum Gasteiger partial charge on any atom is 0.260 e. The first-order chi connectivity index (χ1) is 12.1. The Kier molecular flexibility index (Phi) is 8.34. The van der Waals surface area contributed by atoms with Gasteiger partial charge in [-0.2, -0.15) is 0 Å². The van der Waals surface area contributed by atoms with E-state index in [0.29, 0.717) is 21.8 Å². The fraction of sp³-hybridized carbons (Fsp3) is 0.632. The van der Waals surface area contributed by atoms with Crippen LogP contribution in [0.1, 0.15) is 38.5 Å². The first-order valence-electron chi connectivity index (χ1n) is 9.14. The fourth-order valence-corrected chi connectivity index (χ4v) is 4.33. The van der Waals surface area contributed by atoms with Crippen molar-refractivity contribution < 1.29 is 9.53 Å². The second-order valence-electron chi connectivity index (χ2n) is 7.03. The number of hydrogen-bond donors (Lipinski definition) is 0. The van der Waals surface area contributed by atoms with Gasteiger partial charge in [0.2, 0.25) is 0 Å². The summed E-state index contributed by atoms with van der Waals surface area (Å²) in [6.07, 6.45) is 7.29. The number of ether oxygens (including phenoxy) is 1. The van der Waals surface area contributed by atoms with Crippen molar-refractivity contribution in [3.8, 4) is 5.75 Å². The summed E-state index contributed by atoms with van der Waals surface area (Å²) in [6.45, 7) is 2.36. The van der Waals surface area contributed by atoms with Crippen molar-refractivity contribution in [1.29, 1.82) is 0 Å². The van der Waals surface area contributed by atoms with E-state index in [1.54, 1.807) is 18.2 Å². The van der Waals surface area contributed by atoms with Gasteiger partial charge < -0.3 is 9.64 Å². The Morgan fingerprint density at radius 1 is 1.15 bits per heavy atom. The van der Waals surface area contributed by atoms with Crippen LogP contribution in [0.4, 0.5) is 0 Å². The van der Waals surface area contributed by atoms with E-state index in [0.717, 1.165) is 6.42 Å². The highest BCUT2D eigenvalue weighted by molar-refractivity contribution is 6.42. The highest BCUT2D eigenvalue weighted by atomic mass is 35.5. The lowest BCUT2D eigenvalue weighted by atomic mass is 9.88. The van der Waals surface area contributed by atoms with Gasteiger partial charge in [0.25, 0.3) is 5.91 Å². The quantitative estimate of drug-likeness (QED) is 0.693. The maximum atomic E-state index is 12.7. The highest BCUT2D eigenvalue weighted by Gasteiger charge is 2.35. The van der Waals surface area contributed by atoms with Crippen molar-refractivity contribution in [1.82, 2.24) is 9.80 Å². The summed E-state index contributed by atoms with van der Waals surface area (Å²) in [5, 5.41) is 0.912. The van der Waals surface area contributed by atoms with Crippen LogP contribution in [-0.4, -0.2) is 54.5 Å². The molecule has 0 bridgehead atoms. The number of nitrogens with zero attached hydrogens (tertiary/aromatic N) is 2. The predicted molar refractivity (Wildman–Crippen MR) is 109 cm³/mol. The lowest BCUT2D eigenvalue weighted by Crippen LogP contribution is -2.53. The summed E-state index contributed by atoms with van der Waals surface area (Å²) in [6, 6.07) is 5.84. The molecule has 2 fully saturated rings. The molecule has 2 aliphatic rings. The number of amides is 1. The molecule has 1 heterocycles. The van der Waals surface area contributed by atoms with Gasteiger partial charge in [0, 0.05) is 25.2 Å². The van der Waals surface area contributed by atoms with E-state index in [2.05, 4.69) is 4.90 Å². The van der Waals surface area contributed by atoms with E-state index in [4.69, 9.17) is 27.9 Å². The molecule has 3 rings (SSSR count). The first kappa shape index (κ1) is 21.6. The van der Waals surface area contributed by atoms with Crippen LogP contribution in [0.2, 0.25) is 10.0 Å². The standard InChI is InChI=1S/C19H26Cl2N2O2.ClH/c1-22(17-6-2-3-7-18(17)23-10-4-5-11-23)19(24)13-25-14-8-9-15(20)16(21)12-14;/h8-9,12,17-18H,2-7,10-11,13H2,1H3;1H. The summed E-state index contributed by atoms with van der Waals surface area (Å²) in [4.78, 5) is 17.1. The van der Waals surface area contributed by atoms with E-state index in [1.165, 1.54) is 45.2 Å². The zero-order valence-corrected chi connectivity index (χ0v) is 17.5. The first-order valence-corrected chi connectivity index (χ1v) is 9.89. The lowest BCUT2D eigenvalue weighted by molar-refractivity contribution is -0.136. The molecule has 2 atom stereocenters. The normalized spacial score (nSPS) is 23.3. The largest absolute Gasteiger partial charge is 0.484 e. The van der Waals surface area contributed by atoms with Crippen LogP contribution in [0.25, 0.3) is 0 Å². The molecule has 1 saturated heterocycles. The van der Waals surface area contributed by atoms with Gasteiger partial charge in [0.05, 0.1) is 10.0 Å². The van der Waals surface area contributed by atoms with Gasteiger partial charge in [0.1, 0.15) is 5.75 Å². The molecule has 0 spiro atoms. The summed E-state index contributed by atoms with van der Waals surface area (Å²) in [7, 11) is 1.92. The molecule has 146 valence electrons. The van der Waals surface area contributed by atoms with E-state index in [-0.39, 0.29) is 31.0 Å². The molecule has 1 aromatic rings. The molecule has 2 unspecified atom stereocenters. The van der Waals surface area contributed by atoms with E-state index in [9.17, 15) is 4.79 Å². The third-order valence-electron chi connectivity index (χ3n) is 5.45. The number of likely N-dealkylation sites (N-methyl/N-ethyl adjacent to an activating group) is 1. The predicted octanol–water partition coefficient (Wildman–Crippen LogP) is 4.66. The topological polar surface area (TPSA) is 32.8 Å². The second-order valence-corrected chi connectivity index (χ2v) is 7.85. The highest BCUT2D eigenvalue weighted by Crippen LogP contribution is 2.29. The molecule has 1 aliphatic carbocycles. The van der Waals surface area contributed by atoms with Gasteiger partial charge >= 0.3 is 0 Å². The number of halogens is 3. The Morgan fingerprint density at radius 2 is 1.85 bits per heavy atom. The van der Waals surface area contributed by atoms with Gasteiger partial charge in [-0.3, -0.25) is 9.69 Å². The molecular weight excluding hydrogens is 395 g/mol. The van der Waals surface area contributed by atoms with Crippen molar-refractivity contribution in [3.63, 3.8) is 0 Å². The van der Waals surface area contributed by atoms with E-state index < -0.39 is 0 Å². The summed E-state index contributed by atoms with van der Waals surface area (Å²) < 4.78 is 5.63. The van der Waals surface area contributed by atoms with Crippen molar-refractivity contribution in [2.45, 2.75) is 50.6 Å². The number of likely N-dealkylation sites (tertiary alicyclic amines) is 1. The SMILES string of the molecule is CN(C(=O)COc1ccc(Cl)c(Cl)c1)C1CCCCC1N1CCCC1.Cl. The van der Waals surface area contributed by atoms with E-state index >= 15 is 0 Å². The molecule has 1 aromatic carbocycles. The van der Waals surface area contributed by atoms with Gasteiger partial charge in [-0.05, 0) is 50.9 Å². The average molecular weight is 422 g/mol. The monoisotopic (exact) mass is 420 g/mol. The molecule has 26 heavy (non-hydrogen) atoms. The number of hydrogen-bond acceptors (Lipinski definition) is 3. The number of carbonyl (C=O) groups is 1. The van der Waals surface area contributed by atoms with Crippen LogP contribution in [0.5, 0.6) is 5.75 Å². The lowest BCUT2D eigenvalue weighted by Gasteiger charge is -2.42. The zero-order chi connectivity index (χ0) is 17.8. The van der Waals surface area contributed by atoms with Crippen LogP contribution in [0, 0.1) is 0 Å². The van der Waals surface area contributed by atoms with Crippen LogP contribution < -0.4 is 4.74 Å². The van der Waals surface area contributed by atoms with Gasteiger partial charge in [0.15, 0.2) is 6.61 Å². The Balaban J connectivity index is 0.00000243. The third-order valence-corrected chi connectivity index (χ3v) is 6.19. The van der Waals surface area contributed by atoms with Crippen LogP contribution in [-0.2, 0) is 4.79 Å². The molecule has 0 aromatic heterocycles. The smallest absolute Gasteiger partial charge is 0.260 e. The number of carbonyl (C=O) groups excluding carboxylic acids is 1. The zero-order valence-electron chi connectivity index (χ0n) is 15.1. The molecule has 4 nitrogen and oxygen atoms in total. The Labute approximate surface area is 172 Å². The number of benzene rings is 1. The molecule has 7 heteroatoms. The van der Waals surface area contributed by atoms with Crippen LogP contribution in [0.3, 0.4) is 0 Å².